The Bertz CT molecular complexity index is 766. The van der Waals surface area contributed by atoms with Crippen molar-refractivity contribution in [2.45, 2.75) is 6.54 Å². The Morgan fingerprint density at radius 3 is 2.84 bits per heavy atom. The molecule has 19 heavy (non-hydrogen) atoms. The zero-order valence-corrected chi connectivity index (χ0v) is 9.98. The van der Waals surface area contributed by atoms with E-state index in [9.17, 15) is 0 Å². The Kier molecular flexibility index (Phi) is 2.58. The van der Waals surface area contributed by atoms with E-state index in [-0.39, 0.29) is 0 Å². The summed E-state index contributed by atoms with van der Waals surface area (Å²) in [7, 11) is 0. The highest BCUT2D eigenvalue weighted by Crippen LogP contribution is 2.15. The lowest BCUT2D eigenvalue weighted by Crippen LogP contribution is -2.02. The average molecular weight is 250 g/mol. The fraction of sp³-hybridized carbons (Fsp3) is 0.0769. The maximum atomic E-state index is 5.74. The standard InChI is InChI=1S/C13H10N6/c1-2-9-3-4-10(15-5-9)6-19-8-18-11-12(14)16-7-17-13(11)19/h1,3-5,7-8H,6H2,(H2,14,16,17). The number of nitrogen functional groups attached to an aromatic ring is 1. The molecule has 0 aromatic carbocycles. The smallest absolute Gasteiger partial charge is 0.165 e. The minimum atomic E-state index is 0.374. The fourth-order valence-electron chi connectivity index (χ4n) is 1.79. The number of terminal acetylenes is 1. The molecule has 3 rings (SSSR count). The second-order valence-electron chi connectivity index (χ2n) is 3.99. The van der Waals surface area contributed by atoms with Crippen LogP contribution in [0.5, 0.6) is 0 Å². The van der Waals surface area contributed by atoms with Crippen LogP contribution in [0.25, 0.3) is 11.2 Å². The van der Waals surface area contributed by atoms with E-state index < -0.39 is 0 Å². The summed E-state index contributed by atoms with van der Waals surface area (Å²) in [4.78, 5) is 16.6. The first-order chi connectivity index (χ1) is 9.28. The molecule has 0 saturated heterocycles. The molecule has 3 aromatic heterocycles. The van der Waals surface area contributed by atoms with Crippen LogP contribution in [0.4, 0.5) is 5.82 Å². The number of pyridine rings is 1. The second kappa shape index (κ2) is 4.38. The molecule has 0 fully saturated rings. The van der Waals surface area contributed by atoms with Crippen LogP contribution in [0.3, 0.4) is 0 Å². The zero-order chi connectivity index (χ0) is 13.2. The van der Waals surface area contributed by atoms with E-state index in [1.807, 2.05) is 16.7 Å². The fourth-order valence-corrected chi connectivity index (χ4v) is 1.79. The Morgan fingerprint density at radius 1 is 1.21 bits per heavy atom. The van der Waals surface area contributed by atoms with Crippen LogP contribution in [0.15, 0.2) is 31.0 Å². The topological polar surface area (TPSA) is 82.5 Å². The maximum Gasteiger partial charge on any atom is 0.165 e. The van der Waals surface area contributed by atoms with E-state index in [1.54, 1.807) is 12.5 Å². The molecule has 0 amide bonds. The minimum Gasteiger partial charge on any atom is -0.382 e. The summed E-state index contributed by atoms with van der Waals surface area (Å²) in [5, 5.41) is 0. The van der Waals surface area contributed by atoms with E-state index in [2.05, 4.69) is 25.9 Å². The zero-order valence-electron chi connectivity index (χ0n) is 9.98. The van der Waals surface area contributed by atoms with E-state index in [1.165, 1.54) is 6.33 Å². The Morgan fingerprint density at radius 2 is 2.11 bits per heavy atom. The molecule has 6 heteroatoms. The van der Waals surface area contributed by atoms with Gasteiger partial charge >= 0.3 is 0 Å². The molecule has 0 aliphatic heterocycles. The monoisotopic (exact) mass is 250 g/mol. The van der Waals surface area contributed by atoms with Gasteiger partial charge in [0.2, 0.25) is 0 Å². The van der Waals surface area contributed by atoms with Gasteiger partial charge in [-0.1, -0.05) is 5.92 Å². The highest BCUT2D eigenvalue weighted by Gasteiger charge is 2.08. The summed E-state index contributed by atoms with van der Waals surface area (Å²) in [5.74, 6) is 2.91. The van der Waals surface area contributed by atoms with Crippen LogP contribution >= 0.6 is 0 Å². The summed E-state index contributed by atoms with van der Waals surface area (Å²) < 4.78 is 1.87. The molecule has 0 unspecified atom stereocenters. The summed E-state index contributed by atoms with van der Waals surface area (Å²) in [6.07, 6.45) is 10.0. The average Bonchev–Trinajstić information content (AvgIpc) is 2.84. The number of fused-ring (bicyclic) bond motifs is 1. The molecule has 0 spiro atoms. The van der Waals surface area contributed by atoms with Crippen molar-refractivity contribution in [2.24, 2.45) is 0 Å². The molecule has 3 heterocycles. The van der Waals surface area contributed by atoms with Gasteiger partial charge in [-0.15, -0.1) is 6.42 Å². The summed E-state index contributed by atoms with van der Waals surface area (Å²) >= 11 is 0. The van der Waals surface area contributed by atoms with Crippen LogP contribution in [-0.4, -0.2) is 24.5 Å². The number of nitrogens with two attached hydrogens (primary N) is 1. The third-order valence-electron chi connectivity index (χ3n) is 2.75. The van der Waals surface area contributed by atoms with Crippen LogP contribution < -0.4 is 5.73 Å². The van der Waals surface area contributed by atoms with Gasteiger partial charge in [0.25, 0.3) is 0 Å². The van der Waals surface area contributed by atoms with Gasteiger partial charge in [0.15, 0.2) is 11.5 Å². The molecule has 3 aromatic rings. The third-order valence-corrected chi connectivity index (χ3v) is 2.75. The van der Waals surface area contributed by atoms with Gasteiger partial charge in [-0.2, -0.15) is 0 Å². The summed E-state index contributed by atoms with van der Waals surface area (Å²) in [5.41, 5.74) is 8.65. The summed E-state index contributed by atoms with van der Waals surface area (Å²) in [6, 6.07) is 3.73. The van der Waals surface area contributed by atoms with Crippen LogP contribution in [-0.2, 0) is 6.54 Å². The SMILES string of the molecule is C#Cc1ccc(Cn2cnc3c(N)ncnc32)nc1. The molecule has 92 valence electrons. The predicted octanol–water partition coefficient (Wildman–Crippen LogP) is 0.833. The molecule has 0 bridgehead atoms. The van der Waals surface area contributed by atoms with E-state index in [0.717, 1.165) is 11.3 Å². The molecule has 2 N–H and O–H groups in total. The number of hydrogen-bond acceptors (Lipinski definition) is 5. The van der Waals surface area contributed by atoms with E-state index in [0.29, 0.717) is 23.5 Å². The van der Waals surface area contributed by atoms with Crippen LogP contribution in [0, 0.1) is 12.3 Å². The first kappa shape index (κ1) is 11.2. The molecule has 0 aliphatic carbocycles. The minimum absolute atomic E-state index is 0.374. The lowest BCUT2D eigenvalue weighted by atomic mass is 10.2. The predicted molar refractivity (Wildman–Crippen MR) is 71.0 cm³/mol. The second-order valence-corrected chi connectivity index (χ2v) is 3.99. The number of rotatable bonds is 2. The number of imidazole rings is 1. The molecule has 0 radical (unpaired) electrons. The molecule has 0 atom stereocenters. The van der Waals surface area contributed by atoms with Crippen LogP contribution in [0.1, 0.15) is 11.3 Å². The highest BCUT2D eigenvalue weighted by molar-refractivity contribution is 5.81. The lowest BCUT2D eigenvalue weighted by Gasteiger charge is -2.03. The number of aromatic nitrogens is 5. The van der Waals surface area contributed by atoms with Gasteiger partial charge in [0.1, 0.15) is 11.8 Å². The molecular weight excluding hydrogens is 240 g/mol. The van der Waals surface area contributed by atoms with Gasteiger partial charge in [-0.3, -0.25) is 4.98 Å². The van der Waals surface area contributed by atoms with Crippen molar-refractivity contribution in [3.8, 4) is 12.3 Å². The Hall–Kier alpha value is -2.94. The van der Waals surface area contributed by atoms with Crippen molar-refractivity contribution in [3.63, 3.8) is 0 Å². The Labute approximate surface area is 109 Å². The van der Waals surface area contributed by atoms with E-state index in [4.69, 9.17) is 12.2 Å². The summed E-state index contributed by atoms with van der Waals surface area (Å²) in [6.45, 7) is 0.553. The van der Waals surface area contributed by atoms with Gasteiger partial charge in [-0.25, -0.2) is 15.0 Å². The largest absolute Gasteiger partial charge is 0.382 e. The first-order valence-electron chi connectivity index (χ1n) is 5.61. The number of hydrogen-bond donors (Lipinski definition) is 1. The number of nitrogens with zero attached hydrogens (tertiary/aromatic N) is 5. The van der Waals surface area contributed by atoms with Gasteiger partial charge in [0, 0.05) is 11.8 Å². The van der Waals surface area contributed by atoms with Crippen molar-refractivity contribution in [2.75, 3.05) is 5.73 Å². The van der Waals surface area contributed by atoms with Crippen molar-refractivity contribution in [1.82, 2.24) is 24.5 Å². The maximum absolute atomic E-state index is 5.74. The molecular formula is C13H10N6. The lowest BCUT2D eigenvalue weighted by molar-refractivity contribution is 0.787. The molecule has 6 nitrogen and oxygen atoms in total. The van der Waals surface area contributed by atoms with Crippen molar-refractivity contribution in [3.05, 3.63) is 42.2 Å². The van der Waals surface area contributed by atoms with E-state index >= 15 is 0 Å². The van der Waals surface area contributed by atoms with Crippen molar-refractivity contribution >= 4 is 17.0 Å². The number of anilines is 1. The third kappa shape index (κ3) is 1.98. The Balaban J connectivity index is 1.97. The molecule has 0 aliphatic rings. The van der Waals surface area contributed by atoms with Gasteiger partial charge < -0.3 is 10.3 Å². The van der Waals surface area contributed by atoms with Gasteiger partial charge in [0.05, 0.1) is 18.6 Å². The highest BCUT2D eigenvalue weighted by atomic mass is 15.1. The molecule has 0 saturated carbocycles. The first-order valence-corrected chi connectivity index (χ1v) is 5.61. The van der Waals surface area contributed by atoms with Crippen molar-refractivity contribution < 1.29 is 0 Å². The van der Waals surface area contributed by atoms with Gasteiger partial charge in [-0.05, 0) is 12.1 Å². The van der Waals surface area contributed by atoms with Crippen molar-refractivity contribution in [1.29, 1.82) is 0 Å². The van der Waals surface area contributed by atoms with Crippen LogP contribution in [0.2, 0.25) is 0 Å². The quantitative estimate of drug-likeness (QED) is 0.681. The normalized spacial score (nSPS) is 10.5.